The van der Waals surface area contributed by atoms with Crippen LogP contribution in [0.3, 0.4) is 0 Å². The second-order valence-corrected chi connectivity index (χ2v) is 31.6. The van der Waals surface area contributed by atoms with E-state index in [9.17, 15) is 0 Å². The Hall–Kier alpha value is -5.79. The van der Waals surface area contributed by atoms with Crippen LogP contribution < -0.4 is 4.90 Å². The molecule has 8 atom stereocenters. The zero-order valence-corrected chi connectivity index (χ0v) is 40.5. The summed E-state index contributed by atoms with van der Waals surface area (Å²) in [5, 5.41) is 2.74. The Kier molecular flexibility index (Phi) is 6.37. The van der Waals surface area contributed by atoms with E-state index in [1.807, 2.05) is 11.3 Å². The summed E-state index contributed by atoms with van der Waals surface area (Å²) >= 11 is 1.96. The molecule has 4 aliphatic heterocycles. The second-order valence-electron chi connectivity index (χ2n) is 24.2. The van der Waals surface area contributed by atoms with E-state index in [4.69, 9.17) is 0 Å². The van der Waals surface area contributed by atoms with Gasteiger partial charge in [0.1, 0.15) is 0 Å². The normalized spacial score (nSPS) is 30.1. The summed E-state index contributed by atoms with van der Waals surface area (Å²) in [5.41, 5.74) is 27.8. The molecule has 3 saturated heterocycles. The monoisotopic (exact) mass is 921 g/mol. The summed E-state index contributed by atoms with van der Waals surface area (Å²) in [6, 6.07) is 65.4. The first kappa shape index (κ1) is 37.1. The minimum absolute atomic E-state index is 0.377. The molecule has 5 heterocycles. The topological polar surface area (TPSA) is 3.24 Å². The van der Waals surface area contributed by atoms with Crippen LogP contribution in [-0.2, 0) is 5.41 Å². The summed E-state index contributed by atoms with van der Waals surface area (Å²) in [5.74, 6) is 3.72. The Balaban J connectivity index is 0.969. The average Bonchev–Trinajstić information content (AvgIpc) is 3.74. The number of anilines is 3. The number of hydrogen-bond acceptors (Lipinski definition) is 2. The fourth-order valence-corrected chi connectivity index (χ4v) is 29.9. The van der Waals surface area contributed by atoms with E-state index in [1.165, 1.54) is 115 Å². The Morgan fingerprint density at radius 2 is 1.17 bits per heavy atom. The van der Waals surface area contributed by atoms with Gasteiger partial charge in [-0.15, -0.1) is 0 Å². The fraction of sp³-hybridized carbons (Fsp3) is 0.273. The molecule has 5 bridgehead atoms. The summed E-state index contributed by atoms with van der Waals surface area (Å²) in [6.45, 7) is -1.49. The molecule has 1 aromatic heterocycles. The molecule has 0 radical (unpaired) electrons. The predicted octanol–water partition coefficient (Wildman–Crippen LogP) is 17.4. The molecule has 8 unspecified atom stereocenters. The molecule has 6 fully saturated rings. The van der Waals surface area contributed by atoms with Crippen molar-refractivity contribution in [1.82, 2.24) is 0 Å². The molecular weight excluding hydrogens is 870 g/mol. The largest absolute Gasteiger partial charge is 0.0617 e. The van der Waals surface area contributed by atoms with Crippen molar-refractivity contribution in [2.75, 3.05) is 23.4 Å². The van der Waals surface area contributed by atoms with Crippen LogP contribution in [0.25, 0.3) is 53.6 Å². The van der Waals surface area contributed by atoms with Crippen LogP contribution in [0.15, 0.2) is 164 Å². The van der Waals surface area contributed by atoms with Gasteiger partial charge in [-0.1, -0.05) is 48.5 Å². The van der Waals surface area contributed by atoms with E-state index in [1.54, 1.807) is 57.4 Å². The molecule has 9 aromatic rings. The maximum Gasteiger partial charge on any atom is -0.0544 e. The van der Waals surface area contributed by atoms with Gasteiger partial charge in [-0.25, -0.2) is 0 Å². The molecule has 1 nitrogen and oxygen atoms in total. The van der Waals surface area contributed by atoms with Gasteiger partial charge in [0.2, 0.25) is 0 Å². The van der Waals surface area contributed by atoms with Gasteiger partial charge in [0.05, 0.1) is 0 Å². The second kappa shape index (κ2) is 11.9. The Labute approximate surface area is 408 Å². The van der Waals surface area contributed by atoms with Crippen molar-refractivity contribution in [3.05, 3.63) is 208 Å². The molecule has 10 aliphatic rings. The van der Waals surface area contributed by atoms with E-state index < -0.39 is 6.60 Å². The SMILES string of the molecule is c1ccc(-c2ccc(N(c3ccc4c(c3)sc3ccccc34)c3c4c(cc5c3C3CC6CC7CC5CC76C3)C3(c5ccccc5-c5ccccc53)c3cc5c(cc3-4)C3CC4CP46(C3)CC56)cc2)cc1. The predicted molar refractivity (Wildman–Crippen MR) is 289 cm³/mol. The van der Waals surface area contributed by atoms with E-state index in [2.05, 4.69) is 169 Å². The molecule has 332 valence electrons. The van der Waals surface area contributed by atoms with Crippen molar-refractivity contribution in [3.8, 4) is 33.4 Å². The number of benzene rings is 8. The molecule has 0 N–H and O–H groups in total. The van der Waals surface area contributed by atoms with E-state index >= 15 is 0 Å². The van der Waals surface area contributed by atoms with Crippen LogP contribution >= 0.6 is 17.9 Å². The Morgan fingerprint density at radius 1 is 0.478 bits per heavy atom. The molecule has 8 aromatic carbocycles. The van der Waals surface area contributed by atoms with Crippen LogP contribution in [-0.4, -0.2) is 24.1 Å². The number of fused-ring (bicyclic) bond motifs is 22. The van der Waals surface area contributed by atoms with Gasteiger partial charge < -0.3 is 0 Å². The molecule has 6 aliphatic carbocycles. The van der Waals surface area contributed by atoms with Gasteiger partial charge in [-0.05, 0) is 11.6 Å². The minimum atomic E-state index is -1.49. The quantitative estimate of drug-likeness (QED) is 0.159. The maximum atomic E-state index is 2.91. The van der Waals surface area contributed by atoms with Crippen molar-refractivity contribution in [3.63, 3.8) is 0 Å². The van der Waals surface area contributed by atoms with Crippen LogP contribution in [0, 0.1) is 17.3 Å². The maximum absolute atomic E-state index is 2.91. The molecule has 19 rings (SSSR count). The zero-order chi connectivity index (χ0) is 44.4. The van der Waals surface area contributed by atoms with E-state index in [0.717, 1.165) is 29.1 Å². The first-order valence-corrected chi connectivity index (χ1v) is 30.2. The van der Waals surface area contributed by atoms with Crippen molar-refractivity contribution >= 4 is 55.2 Å². The molecular formula is C66H52NPS. The summed E-state index contributed by atoms with van der Waals surface area (Å²) in [7, 11) is 0. The minimum Gasteiger partial charge on any atom is -0.0617 e. The average molecular weight is 922 g/mol. The van der Waals surface area contributed by atoms with Crippen molar-refractivity contribution < 1.29 is 0 Å². The van der Waals surface area contributed by atoms with Crippen LogP contribution in [0.2, 0.25) is 0 Å². The number of rotatable bonds is 4. The number of thiophene rings is 1. The van der Waals surface area contributed by atoms with Crippen molar-refractivity contribution in [2.45, 2.75) is 73.0 Å². The number of hydrogen-bond donors (Lipinski definition) is 0. The molecule has 0 amide bonds. The third-order valence-electron chi connectivity index (χ3n) is 22.1. The third-order valence-corrected chi connectivity index (χ3v) is 30.8. The van der Waals surface area contributed by atoms with Crippen LogP contribution in [0.5, 0.6) is 0 Å². The van der Waals surface area contributed by atoms with Gasteiger partial charge in [0.15, 0.2) is 0 Å². The van der Waals surface area contributed by atoms with Gasteiger partial charge >= 0.3 is 340 Å². The summed E-state index contributed by atoms with van der Waals surface area (Å²) in [6.07, 6.45) is 13.1. The van der Waals surface area contributed by atoms with E-state index in [-0.39, 0.29) is 5.41 Å². The van der Waals surface area contributed by atoms with Gasteiger partial charge in [0, 0.05) is 10.1 Å². The first-order chi connectivity index (χ1) is 34.0. The molecule has 3 saturated carbocycles. The molecule has 69 heavy (non-hydrogen) atoms. The van der Waals surface area contributed by atoms with Crippen molar-refractivity contribution in [2.24, 2.45) is 17.3 Å². The molecule has 3 heteroatoms. The summed E-state index contributed by atoms with van der Waals surface area (Å²) in [4.78, 5) is 2.84. The number of nitrogens with zero attached hydrogens (tertiary/aromatic N) is 1. The van der Waals surface area contributed by atoms with E-state index in [0.29, 0.717) is 17.3 Å². The smallest absolute Gasteiger partial charge is 0.0544 e. The standard InChI is InChI=1S/C66H52NPS/c1-2-10-37(11-3-1)38-18-20-44(21-19-38)67(45-22-23-50-49-14-6-9-17-60(49)69-61(50)28-45)64-62-40-25-43-27-42-24-39(32-65(42,43)33-40)52(62)30-58-63(64)54-29-51-41-26-46-35-68(46,34-41)36-59(68)53(51)31-57(54)66(58)55-15-7-4-12-47(55)48-13-5-8-16-56(48)66/h1-23,28-31,39-43,46,59H,24-27,32-36H2. The van der Waals surface area contributed by atoms with Gasteiger partial charge in [0.25, 0.3) is 0 Å². The Morgan fingerprint density at radius 3 is 2.01 bits per heavy atom. The van der Waals surface area contributed by atoms with Crippen LogP contribution in [0.4, 0.5) is 17.1 Å². The van der Waals surface area contributed by atoms with Crippen molar-refractivity contribution in [1.29, 1.82) is 0 Å². The molecule has 3 spiro atoms. The third kappa shape index (κ3) is 4.11. The van der Waals surface area contributed by atoms with Gasteiger partial charge in [-0.2, -0.15) is 0 Å². The zero-order valence-electron chi connectivity index (χ0n) is 38.8. The Bertz CT molecular complexity index is 3840. The fourth-order valence-electron chi connectivity index (χ4n) is 19.3. The first-order valence-electron chi connectivity index (χ1n) is 26.5. The van der Waals surface area contributed by atoms with Gasteiger partial charge in [-0.3, -0.25) is 0 Å². The summed E-state index contributed by atoms with van der Waals surface area (Å²) < 4.78 is 2.74. The van der Waals surface area contributed by atoms with Crippen LogP contribution in [0.1, 0.15) is 106 Å².